The van der Waals surface area contributed by atoms with Gasteiger partial charge in [0.1, 0.15) is 11.5 Å². The molecule has 150 valence electrons. The molecule has 1 fully saturated rings. The second kappa shape index (κ2) is 8.65. The minimum atomic E-state index is -0.569. The second-order valence-corrected chi connectivity index (χ2v) is 8.50. The van der Waals surface area contributed by atoms with Gasteiger partial charge in [0.25, 0.3) is 0 Å². The predicted molar refractivity (Wildman–Crippen MR) is 113 cm³/mol. The zero-order valence-corrected chi connectivity index (χ0v) is 17.6. The Kier molecular flexibility index (Phi) is 5.99. The standard InChI is InChI=1S/C20H17Cl2FN4OS/c21-13-5-3-12(4-6-13)10-18-19(25-26-29-18)17-2-1-9-27(17)20(28)24-16-8-7-14(22)11-15(16)23/h3-8,11,17H,1-2,9-10H2,(H,24,28). The maximum atomic E-state index is 14.1. The highest BCUT2D eigenvalue weighted by atomic mass is 35.5. The molecule has 5 nitrogen and oxygen atoms in total. The molecule has 29 heavy (non-hydrogen) atoms. The number of carbonyl (C=O) groups is 1. The lowest BCUT2D eigenvalue weighted by Gasteiger charge is -2.24. The van der Waals surface area contributed by atoms with E-state index in [0.717, 1.165) is 29.0 Å². The third-order valence-corrected chi connectivity index (χ3v) is 6.09. The topological polar surface area (TPSA) is 58.1 Å². The van der Waals surface area contributed by atoms with Crippen LogP contribution in [0.25, 0.3) is 0 Å². The summed E-state index contributed by atoms with van der Waals surface area (Å²) in [5.41, 5.74) is 2.00. The molecule has 0 saturated carbocycles. The van der Waals surface area contributed by atoms with Gasteiger partial charge in [-0.3, -0.25) is 0 Å². The minimum Gasteiger partial charge on any atom is -0.316 e. The highest BCUT2D eigenvalue weighted by molar-refractivity contribution is 7.05. The molecule has 3 aromatic rings. The number of anilines is 1. The molecule has 2 aromatic carbocycles. The number of nitrogens with one attached hydrogen (secondary N) is 1. The van der Waals surface area contributed by atoms with Crippen LogP contribution in [0.15, 0.2) is 42.5 Å². The van der Waals surface area contributed by atoms with E-state index in [1.165, 1.54) is 29.7 Å². The Morgan fingerprint density at radius 3 is 2.72 bits per heavy atom. The van der Waals surface area contributed by atoms with Crippen LogP contribution in [0.1, 0.15) is 35.0 Å². The quantitative estimate of drug-likeness (QED) is 0.534. The van der Waals surface area contributed by atoms with Crippen LogP contribution in [0.3, 0.4) is 0 Å². The van der Waals surface area contributed by atoms with Crippen LogP contribution in [0, 0.1) is 5.82 Å². The molecule has 2 heterocycles. The number of halogens is 3. The molecule has 9 heteroatoms. The van der Waals surface area contributed by atoms with Crippen molar-refractivity contribution in [2.24, 2.45) is 0 Å². The molecule has 0 aliphatic carbocycles. The summed E-state index contributed by atoms with van der Waals surface area (Å²) >= 11 is 13.1. The first-order valence-electron chi connectivity index (χ1n) is 9.09. The Morgan fingerprint density at radius 2 is 1.97 bits per heavy atom. The molecular weight excluding hydrogens is 434 g/mol. The van der Waals surface area contributed by atoms with Crippen molar-refractivity contribution in [3.8, 4) is 0 Å². The molecular formula is C20H17Cl2FN4OS. The zero-order chi connectivity index (χ0) is 20.4. The average Bonchev–Trinajstić information content (AvgIpc) is 3.34. The van der Waals surface area contributed by atoms with Crippen molar-refractivity contribution in [2.45, 2.75) is 25.3 Å². The molecule has 1 aliphatic rings. The third-order valence-electron chi connectivity index (χ3n) is 4.87. The maximum Gasteiger partial charge on any atom is 0.322 e. The van der Waals surface area contributed by atoms with Crippen molar-refractivity contribution in [1.29, 1.82) is 0 Å². The smallest absolute Gasteiger partial charge is 0.316 e. The fraction of sp³-hybridized carbons (Fsp3) is 0.250. The van der Waals surface area contributed by atoms with Crippen LogP contribution in [-0.4, -0.2) is 27.1 Å². The van der Waals surface area contributed by atoms with Crippen LogP contribution in [0.2, 0.25) is 10.0 Å². The van der Waals surface area contributed by atoms with Gasteiger partial charge in [-0.25, -0.2) is 9.18 Å². The van der Waals surface area contributed by atoms with Gasteiger partial charge in [0.15, 0.2) is 0 Å². The van der Waals surface area contributed by atoms with Crippen LogP contribution >= 0.6 is 34.7 Å². The SMILES string of the molecule is O=C(Nc1ccc(Cl)cc1F)N1CCCC1c1nnsc1Cc1ccc(Cl)cc1. The summed E-state index contributed by atoms with van der Waals surface area (Å²) in [7, 11) is 0. The Morgan fingerprint density at radius 1 is 1.21 bits per heavy atom. The zero-order valence-electron chi connectivity index (χ0n) is 15.2. The summed E-state index contributed by atoms with van der Waals surface area (Å²) < 4.78 is 18.2. The minimum absolute atomic E-state index is 0.0999. The number of nitrogens with zero attached hydrogens (tertiary/aromatic N) is 3. The second-order valence-electron chi connectivity index (χ2n) is 6.79. The number of urea groups is 1. The number of rotatable bonds is 4. The number of benzene rings is 2. The Bertz CT molecular complexity index is 1030. The van der Waals surface area contributed by atoms with Gasteiger partial charge in [-0.1, -0.05) is 39.8 Å². The van der Waals surface area contributed by atoms with Gasteiger partial charge in [-0.15, -0.1) is 5.10 Å². The number of hydrogen-bond donors (Lipinski definition) is 1. The summed E-state index contributed by atoms with van der Waals surface area (Å²) in [5.74, 6) is -0.569. The van der Waals surface area contributed by atoms with Crippen LogP contribution in [-0.2, 0) is 6.42 Å². The average molecular weight is 451 g/mol. The normalized spacial score (nSPS) is 16.2. The van der Waals surface area contributed by atoms with Crippen molar-refractivity contribution >= 4 is 46.5 Å². The van der Waals surface area contributed by atoms with E-state index in [1.54, 1.807) is 4.90 Å². The molecule has 0 bridgehead atoms. The molecule has 0 radical (unpaired) electrons. The lowest BCUT2D eigenvalue weighted by molar-refractivity contribution is 0.206. The van der Waals surface area contributed by atoms with Crippen molar-refractivity contribution in [3.05, 3.63) is 74.5 Å². The Balaban J connectivity index is 1.52. The first-order valence-corrected chi connectivity index (χ1v) is 10.6. The molecule has 1 N–H and O–H groups in total. The van der Waals surface area contributed by atoms with E-state index in [2.05, 4.69) is 14.9 Å². The molecule has 0 spiro atoms. The molecule has 4 rings (SSSR count). The highest BCUT2D eigenvalue weighted by Crippen LogP contribution is 2.35. The summed E-state index contributed by atoms with van der Waals surface area (Å²) in [4.78, 5) is 15.5. The largest absolute Gasteiger partial charge is 0.322 e. The molecule has 2 amide bonds. The number of carbonyl (C=O) groups excluding carboxylic acids is 1. The van der Waals surface area contributed by atoms with E-state index in [0.29, 0.717) is 18.0 Å². The first kappa shape index (κ1) is 20.1. The lowest BCUT2D eigenvalue weighted by atomic mass is 10.1. The highest BCUT2D eigenvalue weighted by Gasteiger charge is 2.34. The van der Waals surface area contributed by atoms with E-state index < -0.39 is 5.82 Å². The van der Waals surface area contributed by atoms with Crippen molar-refractivity contribution in [3.63, 3.8) is 0 Å². The predicted octanol–water partition coefficient (Wildman–Crippen LogP) is 5.94. The molecule has 1 aliphatic heterocycles. The van der Waals surface area contributed by atoms with Crippen molar-refractivity contribution in [1.82, 2.24) is 14.5 Å². The van der Waals surface area contributed by atoms with Crippen molar-refractivity contribution in [2.75, 3.05) is 11.9 Å². The van der Waals surface area contributed by atoms with E-state index in [1.807, 2.05) is 24.3 Å². The van der Waals surface area contributed by atoms with Gasteiger partial charge in [-0.05, 0) is 60.3 Å². The number of hydrogen-bond acceptors (Lipinski definition) is 4. The molecule has 1 atom stereocenters. The van der Waals surface area contributed by atoms with Gasteiger partial charge in [0, 0.05) is 23.0 Å². The Labute approximate surface area is 181 Å². The van der Waals surface area contributed by atoms with Gasteiger partial charge in [0.05, 0.1) is 16.6 Å². The monoisotopic (exact) mass is 450 g/mol. The Hall–Kier alpha value is -2.22. The summed E-state index contributed by atoms with van der Waals surface area (Å²) in [6, 6.07) is 11.2. The fourth-order valence-electron chi connectivity index (χ4n) is 3.45. The molecule has 1 saturated heterocycles. The van der Waals surface area contributed by atoms with E-state index in [9.17, 15) is 9.18 Å². The van der Waals surface area contributed by atoms with Crippen LogP contribution in [0.4, 0.5) is 14.9 Å². The van der Waals surface area contributed by atoms with Gasteiger partial charge in [0.2, 0.25) is 0 Å². The number of amides is 2. The fourth-order valence-corrected chi connectivity index (χ4v) is 4.46. The van der Waals surface area contributed by atoms with Crippen LogP contribution < -0.4 is 5.32 Å². The van der Waals surface area contributed by atoms with Crippen LogP contribution in [0.5, 0.6) is 0 Å². The summed E-state index contributed by atoms with van der Waals surface area (Å²) in [5, 5.41) is 7.91. The number of aromatic nitrogens is 2. The van der Waals surface area contributed by atoms with Gasteiger partial charge >= 0.3 is 6.03 Å². The van der Waals surface area contributed by atoms with E-state index >= 15 is 0 Å². The molecule has 1 unspecified atom stereocenters. The van der Waals surface area contributed by atoms with Crippen molar-refractivity contribution < 1.29 is 9.18 Å². The van der Waals surface area contributed by atoms with Gasteiger partial charge < -0.3 is 10.2 Å². The lowest BCUT2D eigenvalue weighted by Crippen LogP contribution is -2.35. The molecule has 1 aromatic heterocycles. The van der Waals surface area contributed by atoms with E-state index in [-0.39, 0.29) is 22.8 Å². The maximum absolute atomic E-state index is 14.1. The number of likely N-dealkylation sites (tertiary alicyclic amines) is 1. The summed E-state index contributed by atoms with van der Waals surface area (Å²) in [6.45, 7) is 0.573. The summed E-state index contributed by atoms with van der Waals surface area (Å²) in [6.07, 6.45) is 2.30. The van der Waals surface area contributed by atoms with E-state index in [4.69, 9.17) is 23.2 Å². The van der Waals surface area contributed by atoms with Gasteiger partial charge in [-0.2, -0.15) is 0 Å². The first-order chi connectivity index (χ1) is 14.0. The third kappa shape index (κ3) is 4.52.